The monoisotopic (exact) mass is 341 g/mol. The number of rotatable bonds is 2. The first-order valence-corrected chi connectivity index (χ1v) is 8.45. The molecule has 1 aliphatic rings. The van der Waals surface area contributed by atoms with Gasteiger partial charge in [0.25, 0.3) is 0 Å². The zero-order chi connectivity index (χ0) is 18.2. The van der Waals surface area contributed by atoms with Crippen LogP contribution in [0.2, 0.25) is 0 Å². The van der Waals surface area contributed by atoms with Crippen molar-refractivity contribution >= 4 is 16.8 Å². The Balaban J connectivity index is 0.000000528. The highest BCUT2D eigenvalue weighted by Gasteiger charge is 2.13. The summed E-state index contributed by atoms with van der Waals surface area (Å²) in [7, 11) is 1.50. The minimum atomic E-state index is -0.226. The second kappa shape index (κ2) is 8.99. The van der Waals surface area contributed by atoms with Gasteiger partial charge in [0, 0.05) is 11.9 Å². The summed E-state index contributed by atoms with van der Waals surface area (Å²) in [5.41, 5.74) is 7.35. The van der Waals surface area contributed by atoms with Crippen molar-refractivity contribution in [3.8, 4) is 11.1 Å². The van der Waals surface area contributed by atoms with Gasteiger partial charge in [-0.25, -0.2) is 4.39 Å². The van der Waals surface area contributed by atoms with Crippen LogP contribution in [0.25, 0.3) is 22.1 Å². The second-order valence-corrected chi connectivity index (χ2v) is 5.03. The van der Waals surface area contributed by atoms with Gasteiger partial charge in [-0.2, -0.15) is 0 Å². The van der Waals surface area contributed by atoms with E-state index in [0.717, 1.165) is 46.8 Å². The van der Waals surface area contributed by atoms with Crippen LogP contribution in [-0.4, -0.2) is 26.0 Å². The molecule has 4 nitrogen and oxygen atoms in total. The normalized spacial score (nSPS) is 12.4. The zero-order valence-electron chi connectivity index (χ0n) is 14.8. The molecule has 2 aromatic carbocycles. The zero-order valence-corrected chi connectivity index (χ0v) is 14.8. The lowest BCUT2D eigenvalue weighted by Gasteiger charge is -2.01. The molecule has 0 atom stereocenters. The van der Waals surface area contributed by atoms with E-state index in [2.05, 4.69) is 16.0 Å². The predicted molar refractivity (Wildman–Crippen MR) is 102 cm³/mol. The number of furan rings is 1. The Morgan fingerprint density at radius 1 is 1.00 bits per heavy atom. The molecular formula is C20H24FN3O. The van der Waals surface area contributed by atoms with Crippen molar-refractivity contribution in [3.63, 3.8) is 0 Å². The Morgan fingerprint density at radius 2 is 1.68 bits per heavy atom. The van der Waals surface area contributed by atoms with Gasteiger partial charge in [-0.1, -0.05) is 32.0 Å². The Labute approximate surface area is 147 Å². The molecule has 0 saturated carbocycles. The van der Waals surface area contributed by atoms with Gasteiger partial charge < -0.3 is 15.5 Å². The van der Waals surface area contributed by atoms with E-state index >= 15 is 0 Å². The number of hydrogen-bond donors (Lipinski definition) is 2. The summed E-state index contributed by atoms with van der Waals surface area (Å²) < 4.78 is 18.8. The van der Waals surface area contributed by atoms with Crippen LogP contribution in [0.5, 0.6) is 0 Å². The van der Waals surface area contributed by atoms with Crippen LogP contribution in [0.3, 0.4) is 0 Å². The fourth-order valence-corrected chi connectivity index (χ4v) is 2.54. The Bertz CT molecular complexity index is 838. The summed E-state index contributed by atoms with van der Waals surface area (Å²) in [5.74, 6) is 1.35. The van der Waals surface area contributed by atoms with Gasteiger partial charge >= 0.3 is 0 Å². The van der Waals surface area contributed by atoms with E-state index in [4.69, 9.17) is 4.42 Å². The number of halogens is 1. The van der Waals surface area contributed by atoms with E-state index in [1.807, 2.05) is 38.1 Å². The second-order valence-electron chi connectivity index (χ2n) is 5.03. The van der Waals surface area contributed by atoms with Crippen molar-refractivity contribution in [2.45, 2.75) is 13.8 Å². The standard InChI is InChI=1S/C17H13FN2O.C2H6.CH5N/c18-14-4-1-11(2-5-14)12-3-6-15-13(9-12)10-16(21-15)17-19-7-8-20-17;2*1-2/h1-6,9-10H,7-8H2,(H,19,20);1-2H3;2H2,1H3. The highest BCUT2D eigenvalue weighted by Crippen LogP contribution is 2.27. The third kappa shape index (κ3) is 4.25. The Hall–Kier alpha value is -2.66. The average molecular weight is 341 g/mol. The van der Waals surface area contributed by atoms with Crippen molar-refractivity contribution in [2.24, 2.45) is 10.7 Å². The molecule has 0 bridgehead atoms. The first kappa shape index (κ1) is 18.7. The molecule has 0 aliphatic carbocycles. The summed E-state index contributed by atoms with van der Waals surface area (Å²) in [6.07, 6.45) is 0. The number of nitrogens with one attached hydrogen (secondary N) is 1. The van der Waals surface area contributed by atoms with Gasteiger partial charge in [0.2, 0.25) is 0 Å². The maximum atomic E-state index is 13.0. The fourth-order valence-electron chi connectivity index (χ4n) is 2.54. The summed E-state index contributed by atoms with van der Waals surface area (Å²) in [5, 5.41) is 4.22. The van der Waals surface area contributed by atoms with Gasteiger partial charge in [-0.05, 0) is 48.5 Å². The van der Waals surface area contributed by atoms with E-state index in [0.29, 0.717) is 0 Å². The van der Waals surface area contributed by atoms with Crippen molar-refractivity contribution < 1.29 is 8.81 Å². The van der Waals surface area contributed by atoms with Crippen molar-refractivity contribution in [2.75, 3.05) is 20.1 Å². The molecule has 25 heavy (non-hydrogen) atoms. The molecule has 3 aromatic rings. The first-order chi connectivity index (χ1) is 12.3. The average Bonchev–Trinajstić information content (AvgIpc) is 3.34. The lowest BCUT2D eigenvalue weighted by atomic mass is 10.0. The van der Waals surface area contributed by atoms with E-state index < -0.39 is 0 Å². The van der Waals surface area contributed by atoms with Gasteiger partial charge in [0.05, 0.1) is 6.54 Å². The highest BCUT2D eigenvalue weighted by atomic mass is 19.1. The van der Waals surface area contributed by atoms with Crippen LogP contribution >= 0.6 is 0 Å². The minimum absolute atomic E-state index is 0.226. The maximum absolute atomic E-state index is 13.0. The molecule has 1 aromatic heterocycles. The van der Waals surface area contributed by atoms with Crippen molar-refractivity contribution in [3.05, 3.63) is 60.1 Å². The third-order valence-corrected chi connectivity index (χ3v) is 3.60. The highest BCUT2D eigenvalue weighted by molar-refractivity contribution is 6.01. The van der Waals surface area contributed by atoms with Crippen LogP contribution in [0.1, 0.15) is 19.6 Å². The SMILES string of the molecule is CC.CN.Fc1ccc(-c2ccc3oc(C4=NCCN4)cc3c2)cc1. The molecule has 3 N–H and O–H groups in total. The number of benzene rings is 2. The fraction of sp³-hybridized carbons (Fsp3) is 0.250. The molecule has 0 spiro atoms. The van der Waals surface area contributed by atoms with Gasteiger partial charge in [0.15, 0.2) is 11.6 Å². The van der Waals surface area contributed by atoms with E-state index in [9.17, 15) is 4.39 Å². The molecule has 0 saturated heterocycles. The van der Waals surface area contributed by atoms with Crippen LogP contribution < -0.4 is 11.1 Å². The minimum Gasteiger partial charge on any atom is -0.453 e. The molecule has 1 aliphatic heterocycles. The van der Waals surface area contributed by atoms with Crippen LogP contribution in [0.15, 0.2) is 57.9 Å². The number of aliphatic imine (C=N–C) groups is 1. The summed E-state index contributed by atoms with van der Waals surface area (Å²) in [4.78, 5) is 4.36. The van der Waals surface area contributed by atoms with Gasteiger partial charge in [-0.3, -0.25) is 4.99 Å². The lowest BCUT2D eigenvalue weighted by molar-refractivity contribution is 0.602. The molecule has 0 amide bonds. The summed E-state index contributed by atoms with van der Waals surface area (Å²) >= 11 is 0. The Kier molecular flexibility index (Phi) is 6.71. The smallest absolute Gasteiger partial charge is 0.170 e. The number of hydrogen-bond acceptors (Lipinski definition) is 4. The largest absolute Gasteiger partial charge is 0.453 e. The van der Waals surface area contributed by atoms with Gasteiger partial charge in [0.1, 0.15) is 11.4 Å². The topological polar surface area (TPSA) is 63.5 Å². The quantitative estimate of drug-likeness (QED) is 0.734. The molecule has 132 valence electrons. The van der Waals surface area contributed by atoms with E-state index in [1.165, 1.54) is 19.2 Å². The number of nitrogens with zero attached hydrogens (tertiary/aromatic N) is 1. The molecule has 0 radical (unpaired) electrons. The maximum Gasteiger partial charge on any atom is 0.170 e. The number of amidine groups is 1. The third-order valence-electron chi connectivity index (χ3n) is 3.60. The summed E-state index contributed by atoms with van der Waals surface area (Å²) in [6, 6.07) is 14.4. The molecule has 2 heterocycles. The van der Waals surface area contributed by atoms with Crippen molar-refractivity contribution in [1.29, 1.82) is 0 Å². The van der Waals surface area contributed by atoms with Crippen LogP contribution in [0, 0.1) is 5.82 Å². The lowest BCUT2D eigenvalue weighted by Crippen LogP contribution is -2.18. The molecule has 0 fully saturated rings. The molecule has 0 unspecified atom stereocenters. The summed E-state index contributed by atoms with van der Waals surface area (Å²) in [6.45, 7) is 5.64. The first-order valence-electron chi connectivity index (χ1n) is 8.45. The molecule has 4 rings (SSSR count). The van der Waals surface area contributed by atoms with Gasteiger partial charge in [-0.15, -0.1) is 0 Å². The number of fused-ring (bicyclic) bond motifs is 1. The Morgan fingerprint density at radius 3 is 2.32 bits per heavy atom. The van der Waals surface area contributed by atoms with Crippen molar-refractivity contribution in [1.82, 2.24) is 5.32 Å². The molecular weight excluding hydrogens is 317 g/mol. The predicted octanol–water partition coefficient (Wildman–Crippen LogP) is 4.19. The number of nitrogens with two attached hydrogens (primary N) is 1. The van der Waals surface area contributed by atoms with E-state index in [1.54, 1.807) is 12.1 Å². The van der Waals surface area contributed by atoms with E-state index in [-0.39, 0.29) is 5.82 Å². The van der Waals surface area contributed by atoms with Crippen LogP contribution in [-0.2, 0) is 0 Å². The van der Waals surface area contributed by atoms with Crippen LogP contribution in [0.4, 0.5) is 4.39 Å². The molecule has 5 heteroatoms.